The molecule has 3 rings (SSSR count). The smallest absolute Gasteiger partial charge is 0.322 e. The first-order valence-electron chi connectivity index (χ1n) is 7.81. The molecule has 0 aliphatic heterocycles. The van der Waals surface area contributed by atoms with E-state index in [2.05, 4.69) is 5.32 Å². The van der Waals surface area contributed by atoms with Crippen molar-refractivity contribution in [2.75, 3.05) is 5.32 Å². The molecule has 7 heteroatoms. The second kappa shape index (κ2) is 7.45. The molecule has 2 aromatic carbocycles. The van der Waals surface area contributed by atoms with Crippen LogP contribution >= 0.6 is 0 Å². The highest BCUT2D eigenvalue weighted by molar-refractivity contribution is 7.86. The van der Waals surface area contributed by atoms with Crippen LogP contribution in [0.25, 0.3) is 0 Å². The second-order valence-electron chi connectivity index (χ2n) is 5.66. The summed E-state index contributed by atoms with van der Waals surface area (Å²) in [6, 6.07) is 18.0. The predicted molar refractivity (Wildman–Crippen MR) is 94.9 cm³/mol. The number of carbonyl (C=O) groups excluding carboxylic acids is 1. The second-order valence-corrected chi connectivity index (χ2v) is 7.01. The molecular formula is C19H16FN2O3S+. The molecule has 0 saturated carbocycles. The van der Waals surface area contributed by atoms with E-state index in [4.69, 9.17) is 0 Å². The van der Waals surface area contributed by atoms with Gasteiger partial charge in [-0.2, -0.15) is 8.42 Å². The Kier molecular flexibility index (Phi) is 5.09. The third-order valence-corrected chi connectivity index (χ3v) is 4.59. The Hall–Kier alpha value is -3.06. The predicted octanol–water partition coefficient (Wildman–Crippen LogP) is 2.93. The lowest BCUT2D eigenvalue weighted by Gasteiger charge is -2.05. The van der Waals surface area contributed by atoms with Gasteiger partial charge in [-0.1, -0.05) is 30.3 Å². The first-order chi connectivity index (χ1) is 12.4. The summed E-state index contributed by atoms with van der Waals surface area (Å²) in [4.78, 5) is 11.7. The van der Waals surface area contributed by atoms with Crippen LogP contribution in [0.3, 0.4) is 0 Å². The fourth-order valence-corrected chi connectivity index (χ4v) is 2.87. The van der Waals surface area contributed by atoms with Gasteiger partial charge in [0.25, 0.3) is 5.91 Å². The van der Waals surface area contributed by atoms with E-state index in [1.807, 2.05) is 10.6 Å². The van der Waals surface area contributed by atoms with Crippen molar-refractivity contribution >= 4 is 21.8 Å². The van der Waals surface area contributed by atoms with Crippen LogP contribution in [0.1, 0.15) is 15.9 Å². The van der Waals surface area contributed by atoms with Gasteiger partial charge in [-0.25, -0.2) is 4.57 Å². The number of carbonyl (C=O) groups is 1. The van der Waals surface area contributed by atoms with Gasteiger partial charge < -0.3 is 5.32 Å². The number of hydrogen-bond donors (Lipinski definition) is 1. The SMILES string of the molecule is O=C(Nc1cc[n+](Cc2ccc(S(=O)(=O)F)cc2)cc1)c1ccccc1. The average molecular weight is 371 g/mol. The molecule has 1 heterocycles. The van der Waals surface area contributed by atoms with Gasteiger partial charge in [-0.15, -0.1) is 3.89 Å². The van der Waals surface area contributed by atoms with E-state index in [-0.39, 0.29) is 10.8 Å². The summed E-state index contributed by atoms with van der Waals surface area (Å²) in [5, 5.41) is 2.81. The third-order valence-electron chi connectivity index (χ3n) is 3.76. The summed E-state index contributed by atoms with van der Waals surface area (Å²) >= 11 is 0. The molecule has 5 nitrogen and oxygen atoms in total. The molecule has 132 valence electrons. The third kappa shape index (κ3) is 4.52. The minimum Gasteiger partial charge on any atom is -0.322 e. The summed E-state index contributed by atoms with van der Waals surface area (Å²) in [7, 11) is -4.68. The van der Waals surface area contributed by atoms with Crippen molar-refractivity contribution in [2.45, 2.75) is 11.4 Å². The van der Waals surface area contributed by atoms with Crippen LogP contribution < -0.4 is 9.88 Å². The normalized spacial score (nSPS) is 11.1. The van der Waals surface area contributed by atoms with Gasteiger partial charge >= 0.3 is 10.2 Å². The fourth-order valence-electron chi connectivity index (χ4n) is 2.41. The highest BCUT2D eigenvalue weighted by Gasteiger charge is 2.12. The molecule has 0 spiro atoms. The van der Waals surface area contributed by atoms with E-state index in [0.29, 0.717) is 17.8 Å². The molecule has 0 atom stereocenters. The standard InChI is InChI=1S/C19H15FN2O3S/c20-26(24,25)18-8-6-15(7-9-18)14-22-12-10-17(11-13-22)21-19(23)16-4-2-1-3-5-16/h1-13H,14H2/p+1. The number of nitrogens with zero attached hydrogens (tertiary/aromatic N) is 1. The monoisotopic (exact) mass is 371 g/mol. The summed E-state index contributed by atoms with van der Waals surface area (Å²) in [5.41, 5.74) is 2.06. The summed E-state index contributed by atoms with van der Waals surface area (Å²) in [5.74, 6) is -0.189. The lowest BCUT2D eigenvalue weighted by Crippen LogP contribution is -2.33. The largest absolute Gasteiger partial charge is 0.332 e. The zero-order chi connectivity index (χ0) is 18.6. The van der Waals surface area contributed by atoms with Crippen LogP contribution in [0, 0.1) is 0 Å². The number of rotatable bonds is 5. The number of benzene rings is 2. The Balaban J connectivity index is 1.65. The van der Waals surface area contributed by atoms with E-state index < -0.39 is 10.2 Å². The Morgan fingerprint density at radius 1 is 0.923 bits per heavy atom. The molecule has 26 heavy (non-hydrogen) atoms. The van der Waals surface area contributed by atoms with E-state index in [9.17, 15) is 17.1 Å². The van der Waals surface area contributed by atoms with Crippen LogP contribution in [-0.4, -0.2) is 14.3 Å². The van der Waals surface area contributed by atoms with E-state index >= 15 is 0 Å². The van der Waals surface area contributed by atoms with Crippen LogP contribution in [0.2, 0.25) is 0 Å². The lowest BCUT2D eigenvalue weighted by molar-refractivity contribution is -0.688. The lowest BCUT2D eigenvalue weighted by atomic mass is 10.2. The Morgan fingerprint density at radius 3 is 2.12 bits per heavy atom. The zero-order valence-electron chi connectivity index (χ0n) is 13.7. The van der Waals surface area contributed by atoms with Gasteiger partial charge in [-0.05, 0) is 24.3 Å². The Labute approximate surface area is 151 Å². The molecule has 0 bridgehead atoms. The Bertz CT molecular complexity index is 1000. The summed E-state index contributed by atoms with van der Waals surface area (Å²) < 4.78 is 36.4. The van der Waals surface area contributed by atoms with Crippen molar-refractivity contribution in [3.8, 4) is 0 Å². The maximum atomic E-state index is 12.9. The number of pyridine rings is 1. The molecule has 0 fully saturated rings. The minimum absolute atomic E-state index is 0.189. The quantitative estimate of drug-likeness (QED) is 0.554. The van der Waals surface area contributed by atoms with Crippen molar-refractivity contribution < 1.29 is 21.7 Å². The van der Waals surface area contributed by atoms with Crippen LogP contribution in [0.5, 0.6) is 0 Å². The molecule has 3 aromatic rings. The number of hydrogen-bond acceptors (Lipinski definition) is 3. The van der Waals surface area contributed by atoms with Gasteiger partial charge in [0, 0.05) is 23.3 Å². The summed E-state index contributed by atoms with van der Waals surface area (Å²) in [6.07, 6.45) is 3.58. The van der Waals surface area contributed by atoms with Crippen molar-refractivity contribution in [1.29, 1.82) is 0 Å². The maximum absolute atomic E-state index is 12.9. The molecule has 0 saturated heterocycles. The van der Waals surface area contributed by atoms with E-state index in [0.717, 1.165) is 5.56 Å². The fraction of sp³-hybridized carbons (Fsp3) is 0.0526. The highest BCUT2D eigenvalue weighted by Crippen LogP contribution is 2.13. The van der Waals surface area contributed by atoms with E-state index in [1.165, 1.54) is 12.1 Å². The molecule has 0 radical (unpaired) electrons. The van der Waals surface area contributed by atoms with Crippen LogP contribution in [-0.2, 0) is 16.8 Å². The maximum Gasteiger partial charge on any atom is 0.332 e. The highest BCUT2D eigenvalue weighted by atomic mass is 32.3. The van der Waals surface area contributed by atoms with E-state index in [1.54, 1.807) is 60.9 Å². The van der Waals surface area contributed by atoms with Gasteiger partial charge in [0.2, 0.25) is 0 Å². The number of amides is 1. The van der Waals surface area contributed by atoms with Gasteiger partial charge in [-0.3, -0.25) is 4.79 Å². The first-order valence-corrected chi connectivity index (χ1v) is 9.19. The molecular weight excluding hydrogens is 355 g/mol. The molecule has 0 aliphatic carbocycles. The summed E-state index contributed by atoms with van der Waals surface area (Å²) in [6.45, 7) is 0.486. The van der Waals surface area contributed by atoms with Crippen LogP contribution in [0.15, 0.2) is 84.0 Å². The van der Waals surface area contributed by atoms with Crippen LogP contribution in [0.4, 0.5) is 9.57 Å². The van der Waals surface area contributed by atoms with Gasteiger partial charge in [0.1, 0.15) is 0 Å². The van der Waals surface area contributed by atoms with Crippen molar-refractivity contribution in [3.05, 3.63) is 90.3 Å². The topological polar surface area (TPSA) is 67.1 Å². The first kappa shape index (κ1) is 17.8. The average Bonchev–Trinajstić information content (AvgIpc) is 2.64. The number of halogens is 1. The zero-order valence-corrected chi connectivity index (χ0v) is 14.5. The molecule has 1 amide bonds. The number of nitrogens with one attached hydrogen (secondary N) is 1. The number of aromatic nitrogens is 1. The van der Waals surface area contributed by atoms with Crippen molar-refractivity contribution in [1.82, 2.24) is 0 Å². The molecule has 0 unspecified atom stereocenters. The minimum atomic E-state index is -4.68. The molecule has 1 aromatic heterocycles. The molecule has 1 N–H and O–H groups in total. The van der Waals surface area contributed by atoms with Gasteiger partial charge in [0.05, 0.1) is 10.6 Å². The van der Waals surface area contributed by atoms with Gasteiger partial charge in [0.15, 0.2) is 18.9 Å². The Morgan fingerprint density at radius 2 is 1.54 bits per heavy atom. The van der Waals surface area contributed by atoms with Crippen molar-refractivity contribution in [2.24, 2.45) is 0 Å². The van der Waals surface area contributed by atoms with Crippen molar-refractivity contribution in [3.63, 3.8) is 0 Å². The molecule has 0 aliphatic rings. The number of anilines is 1.